The Morgan fingerprint density at radius 2 is 0.598 bits per heavy atom. The minimum absolute atomic E-state index is 0.0760. The lowest BCUT2D eigenvalue weighted by molar-refractivity contribution is 0.0875. The Bertz CT molecular complexity index is 4010. The molecule has 13 rings (SSSR count). The second-order valence-corrected chi connectivity index (χ2v) is 24.3. The van der Waals surface area contributed by atoms with Crippen molar-refractivity contribution in [2.75, 3.05) is 0 Å². The van der Waals surface area contributed by atoms with E-state index in [1.165, 1.54) is 0 Å². The highest BCUT2D eigenvalue weighted by molar-refractivity contribution is 6.05. The average molecular weight is 1220 g/mol. The van der Waals surface area contributed by atoms with Gasteiger partial charge in [0.1, 0.15) is 85.6 Å². The number of aromatic hydroxyl groups is 2. The van der Waals surface area contributed by atoms with E-state index in [0.29, 0.717) is 71.7 Å². The lowest BCUT2D eigenvalue weighted by Gasteiger charge is -2.40. The van der Waals surface area contributed by atoms with Crippen molar-refractivity contribution in [3.05, 3.63) is 333 Å². The molecule has 0 saturated carbocycles. The van der Waals surface area contributed by atoms with Gasteiger partial charge in [-0.15, -0.1) is 0 Å². The first-order valence-corrected chi connectivity index (χ1v) is 31.5. The van der Waals surface area contributed by atoms with E-state index >= 15 is 9.59 Å². The van der Waals surface area contributed by atoms with Crippen molar-refractivity contribution < 1.29 is 48.2 Å². The summed E-state index contributed by atoms with van der Waals surface area (Å²) in [6.07, 6.45) is 5.06. The fraction of sp³-hybridized carbons (Fsp3) is 0.195. The Morgan fingerprint density at radius 3 is 0.891 bits per heavy atom. The van der Waals surface area contributed by atoms with Gasteiger partial charge in [0.15, 0.2) is 11.6 Å². The minimum atomic E-state index is -0.950. The van der Waals surface area contributed by atoms with Crippen molar-refractivity contribution in [1.82, 2.24) is 0 Å². The second-order valence-electron chi connectivity index (χ2n) is 24.3. The minimum Gasteiger partial charge on any atom is -0.507 e. The van der Waals surface area contributed by atoms with Gasteiger partial charge in [-0.25, -0.2) is 0 Å². The fourth-order valence-electron chi connectivity index (χ4n) is 13.5. The molecule has 3 aliphatic rings. The number of fused-ring (bicyclic) bond motifs is 8. The molecule has 0 fully saturated rings. The normalized spacial score (nSPS) is 18.3. The molecule has 10 nitrogen and oxygen atoms in total. The number of phenols is 2. The molecule has 0 aliphatic heterocycles. The molecule has 460 valence electrons. The van der Waals surface area contributed by atoms with Crippen molar-refractivity contribution >= 4 is 11.6 Å². The smallest absolute Gasteiger partial charge is 0.171 e. The van der Waals surface area contributed by atoms with E-state index in [1.807, 2.05) is 218 Å². The lowest BCUT2D eigenvalue weighted by atomic mass is 9.63. The number of Topliss-reactive ketones (excluding diaryl/α,β-unsaturated/α-hetero) is 2. The first kappa shape index (κ1) is 60.3. The third-order valence-electron chi connectivity index (χ3n) is 18.0. The molecule has 0 radical (unpaired) electrons. The van der Waals surface area contributed by atoms with Crippen LogP contribution in [0.2, 0.25) is 0 Å². The molecule has 0 amide bonds. The SMILES string of the molecule is CC1=C[C@H]2c3cc(c(O)cc3OCc3ccccc3)C(=O)[C@@H]3[C@@H](c4ccc(OCc5ccccc5)cc4OCc4ccccc4)CC(C)=C[C@H]3c3cc(c(O)cc3OCc3ccccc3)C(=O)[C@@H]2[C@@H](c2ccc(OCc3ccccc3)cc2OCc2ccccc2)C1. The summed E-state index contributed by atoms with van der Waals surface area (Å²) in [5, 5.41) is 25.5. The van der Waals surface area contributed by atoms with Crippen LogP contribution >= 0.6 is 0 Å². The summed E-state index contributed by atoms with van der Waals surface area (Å²) in [4.78, 5) is 33.6. The van der Waals surface area contributed by atoms with Crippen LogP contribution in [0.3, 0.4) is 0 Å². The van der Waals surface area contributed by atoms with Crippen molar-refractivity contribution in [2.45, 2.75) is 90.0 Å². The number of ketones is 2. The van der Waals surface area contributed by atoms with Crippen molar-refractivity contribution in [3.8, 4) is 46.0 Å². The van der Waals surface area contributed by atoms with Crippen LogP contribution in [0.5, 0.6) is 46.0 Å². The lowest BCUT2D eigenvalue weighted by Crippen LogP contribution is -2.34. The van der Waals surface area contributed by atoms with Gasteiger partial charge in [-0.1, -0.05) is 217 Å². The quantitative estimate of drug-likeness (QED) is 0.0712. The molecule has 4 bridgehead atoms. The van der Waals surface area contributed by atoms with Crippen LogP contribution in [0.1, 0.15) is 127 Å². The second kappa shape index (κ2) is 27.7. The summed E-state index contributed by atoms with van der Waals surface area (Å²) in [5.74, 6) is -2.97. The highest BCUT2D eigenvalue weighted by Crippen LogP contribution is 2.56. The van der Waals surface area contributed by atoms with Gasteiger partial charge in [0.25, 0.3) is 0 Å². The topological polar surface area (TPSA) is 130 Å². The maximum atomic E-state index is 16.8. The third-order valence-corrected chi connectivity index (χ3v) is 18.0. The molecular formula is C82H72O10. The number of carbonyl (C=O) groups excluding carboxylic acids is 2. The Balaban J connectivity index is 0.999. The zero-order valence-electron chi connectivity index (χ0n) is 51.5. The van der Waals surface area contributed by atoms with Gasteiger partial charge in [-0.3, -0.25) is 9.59 Å². The Labute approximate surface area is 537 Å². The molecule has 0 aromatic heterocycles. The molecule has 10 heteroatoms. The van der Waals surface area contributed by atoms with Gasteiger partial charge in [0, 0.05) is 70.9 Å². The number of hydrogen-bond donors (Lipinski definition) is 2. The molecular weight excluding hydrogens is 1140 g/mol. The van der Waals surface area contributed by atoms with E-state index < -0.39 is 35.5 Å². The highest BCUT2D eigenvalue weighted by Gasteiger charge is 2.47. The van der Waals surface area contributed by atoms with Gasteiger partial charge in [0.2, 0.25) is 0 Å². The number of phenolic OH excluding ortho intramolecular Hbond substituents is 2. The number of allylic oxidation sites excluding steroid dienone is 4. The average Bonchev–Trinajstić information content (AvgIpc) is 0.740. The summed E-state index contributed by atoms with van der Waals surface area (Å²) in [6.45, 7) is 5.48. The van der Waals surface area contributed by atoms with E-state index in [-0.39, 0.29) is 60.6 Å². The van der Waals surface area contributed by atoms with E-state index in [0.717, 1.165) is 55.7 Å². The number of ether oxygens (including phenoxy) is 6. The van der Waals surface area contributed by atoms with Crippen LogP contribution in [-0.2, 0) is 39.6 Å². The molecule has 3 aliphatic carbocycles. The molecule has 2 N–H and O–H groups in total. The summed E-state index contributed by atoms with van der Waals surface area (Å²) in [5.41, 5.74) is 10.4. The first-order valence-electron chi connectivity index (χ1n) is 31.5. The molecule has 6 atom stereocenters. The van der Waals surface area contributed by atoms with Gasteiger partial charge < -0.3 is 38.6 Å². The Morgan fingerprint density at radius 1 is 0.326 bits per heavy atom. The monoisotopic (exact) mass is 1220 g/mol. The zero-order valence-corrected chi connectivity index (χ0v) is 51.5. The molecule has 92 heavy (non-hydrogen) atoms. The van der Waals surface area contributed by atoms with Gasteiger partial charge >= 0.3 is 0 Å². The summed E-state index contributed by atoms with van der Waals surface area (Å²) < 4.78 is 40.4. The molecule has 0 saturated heterocycles. The maximum absolute atomic E-state index is 16.8. The Kier molecular flexibility index (Phi) is 18.1. The van der Waals surface area contributed by atoms with E-state index in [1.54, 1.807) is 24.3 Å². The van der Waals surface area contributed by atoms with Crippen LogP contribution in [-0.4, -0.2) is 21.8 Å². The van der Waals surface area contributed by atoms with Crippen molar-refractivity contribution in [3.63, 3.8) is 0 Å². The van der Waals surface area contributed by atoms with E-state index in [9.17, 15) is 10.2 Å². The molecule has 0 heterocycles. The van der Waals surface area contributed by atoms with E-state index in [2.05, 4.69) is 26.0 Å². The van der Waals surface area contributed by atoms with Crippen LogP contribution < -0.4 is 28.4 Å². The maximum Gasteiger partial charge on any atom is 0.171 e. The van der Waals surface area contributed by atoms with Crippen LogP contribution in [0.15, 0.2) is 266 Å². The van der Waals surface area contributed by atoms with Crippen LogP contribution in [0.4, 0.5) is 0 Å². The van der Waals surface area contributed by atoms with Gasteiger partial charge in [-0.2, -0.15) is 0 Å². The zero-order chi connectivity index (χ0) is 62.9. The van der Waals surface area contributed by atoms with Crippen molar-refractivity contribution in [1.29, 1.82) is 0 Å². The molecule has 10 aromatic rings. The molecule has 0 unspecified atom stereocenters. The summed E-state index contributed by atoms with van der Waals surface area (Å²) in [7, 11) is 0. The molecule has 0 spiro atoms. The highest BCUT2D eigenvalue weighted by atomic mass is 16.5. The third kappa shape index (κ3) is 13.6. The summed E-state index contributed by atoms with van der Waals surface area (Å²) >= 11 is 0. The molecule has 10 aromatic carbocycles. The van der Waals surface area contributed by atoms with Gasteiger partial charge in [-0.05, 0) is 95.5 Å². The number of carbonyl (C=O) groups is 2. The van der Waals surface area contributed by atoms with Crippen LogP contribution in [0.25, 0.3) is 0 Å². The largest absolute Gasteiger partial charge is 0.507 e. The first-order chi connectivity index (χ1) is 45.1. The number of rotatable bonds is 20. The van der Waals surface area contributed by atoms with Crippen LogP contribution in [0, 0.1) is 11.8 Å². The predicted molar refractivity (Wildman–Crippen MR) is 357 cm³/mol. The predicted octanol–water partition coefficient (Wildman–Crippen LogP) is 18.3. The van der Waals surface area contributed by atoms with E-state index in [4.69, 9.17) is 28.4 Å². The standard InChI is InChI=1S/C82H72O10/c1-53-37-67(63-35-33-61(87-47-55-21-9-3-10-22-55)41-75(63)89-49-57-25-13-5-14-26-57)79-69(39-53)65-43-71(73(83)45-77(65)91-51-59-29-17-7-18-30-59)82(86)80-68(64-36-34-62(88-48-56-23-11-4-12-24-56)42-76(64)90-50-58-27-15-6-16-28-58)38-54(2)40-70(80)66-44-72(81(79)85)74(84)46-78(66)92-52-60-31-19-8-20-32-60/h3-36,39-46,67-70,79-80,83-84H,37-38,47-52H2,1-2H3/t67-,68-,69+,70+,79-,80-/m1/s1. The number of hydrogen-bond acceptors (Lipinski definition) is 10. The summed E-state index contributed by atoms with van der Waals surface area (Å²) in [6, 6.07) is 77.6. The number of benzene rings is 10. The van der Waals surface area contributed by atoms with Gasteiger partial charge in [0.05, 0.1) is 11.1 Å². The van der Waals surface area contributed by atoms with Crippen molar-refractivity contribution in [2.24, 2.45) is 11.8 Å². The fourth-order valence-corrected chi connectivity index (χ4v) is 13.5. The Hall–Kier alpha value is -10.6.